The first-order valence-corrected chi connectivity index (χ1v) is 5.65. The molecule has 0 aliphatic carbocycles. The van der Waals surface area contributed by atoms with Gasteiger partial charge in [0.2, 0.25) is 0 Å². The third kappa shape index (κ3) is 3.13. The summed E-state index contributed by atoms with van der Waals surface area (Å²) in [6.07, 6.45) is 0.169. The van der Waals surface area contributed by atoms with Gasteiger partial charge in [-0.05, 0) is 34.5 Å². The van der Waals surface area contributed by atoms with Crippen LogP contribution in [0.4, 0.5) is 5.69 Å². The van der Waals surface area contributed by atoms with E-state index in [-0.39, 0.29) is 12.4 Å². The van der Waals surface area contributed by atoms with Crippen molar-refractivity contribution in [1.29, 1.82) is 0 Å². The number of rotatable bonds is 4. The van der Waals surface area contributed by atoms with Crippen LogP contribution in [0.3, 0.4) is 0 Å². The van der Waals surface area contributed by atoms with Crippen molar-refractivity contribution in [2.75, 3.05) is 19.5 Å². The normalized spacial score (nSPS) is 9.94. The summed E-state index contributed by atoms with van der Waals surface area (Å²) in [5, 5.41) is 0. The zero-order chi connectivity index (χ0) is 12.1. The highest BCUT2D eigenvalue weighted by atomic mass is 79.9. The second-order valence-electron chi connectivity index (χ2n) is 3.17. The smallest absolute Gasteiger partial charge is 0.310 e. The number of ether oxygens (including phenoxy) is 2. The quantitative estimate of drug-likeness (QED) is 0.681. The van der Waals surface area contributed by atoms with Gasteiger partial charge in [-0.25, -0.2) is 0 Å². The third-order valence-corrected chi connectivity index (χ3v) is 2.67. The van der Waals surface area contributed by atoms with E-state index in [1.165, 1.54) is 0 Å². The number of anilines is 1. The Morgan fingerprint density at radius 2 is 2.19 bits per heavy atom. The van der Waals surface area contributed by atoms with E-state index in [0.717, 1.165) is 10.0 Å². The standard InChI is InChI=1S/C11H14BrNO3/c1-3-16-11(14)5-7-4-8(12)10(15-2)6-9(7)13/h4,6H,3,5,13H2,1-2H3. The molecule has 0 atom stereocenters. The van der Waals surface area contributed by atoms with Crippen LogP contribution >= 0.6 is 15.9 Å². The number of nitrogens with two attached hydrogens (primary N) is 1. The molecular formula is C11H14BrNO3. The van der Waals surface area contributed by atoms with Gasteiger partial charge in [0.15, 0.2) is 0 Å². The predicted molar refractivity (Wildman–Crippen MR) is 65.4 cm³/mol. The van der Waals surface area contributed by atoms with E-state index >= 15 is 0 Å². The number of nitrogen functional groups attached to an aromatic ring is 1. The lowest BCUT2D eigenvalue weighted by Gasteiger charge is -2.09. The molecule has 0 aliphatic heterocycles. The van der Waals surface area contributed by atoms with Gasteiger partial charge < -0.3 is 15.2 Å². The molecule has 1 aromatic rings. The molecular weight excluding hydrogens is 274 g/mol. The highest BCUT2D eigenvalue weighted by molar-refractivity contribution is 9.10. The minimum atomic E-state index is -0.286. The van der Waals surface area contributed by atoms with Crippen molar-refractivity contribution in [3.8, 4) is 5.75 Å². The second-order valence-corrected chi connectivity index (χ2v) is 4.02. The minimum Gasteiger partial charge on any atom is -0.495 e. The van der Waals surface area contributed by atoms with E-state index in [2.05, 4.69) is 15.9 Å². The Bertz CT molecular complexity index is 393. The van der Waals surface area contributed by atoms with Gasteiger partial charge >= 0.3 is 5.97 Å². The summed E-state index contributed by atoms with van der Waals surface area (Å²) in [6.45, 7) is 2.14. The monoisotopic (exact) mass is 287 g/mol. The lowest BCUT2D eigenvalue weighted by atomic mass is 10.1. The molecule has 0 heterocycles. The number of halogens is 1. The van der Waals surface area contributed by atoms with Crippen molar-refractivity contribution in [2.24, 2.45) is 0 Å². The molecule has 0 spiro atoms. The average Bonchev–Trinajstić information content (AvgIpc) is 2.23. The zero-order valence-electron chi connectivity index (χ0n) is 9.25. The number of benzene rings is 1. The summed E-state index contributed by atoms with van der Waals surface area (Å²) >= 11 is 3.34. The van der Waals surface area contributed by atoms with E-state index in [9.17, 15) is 4.79 Å². The summed E-state index contributed by atoms with van der Waals surface area (Å²) in [5.74, 6) is 0.358. The lowest BCUT2D eigenvalue weighted by Crippen LogP contribution is -2.09. The van der Waals surface area contributed by atoms with Gasteiger partial charge in [-0.15, -0.1) is 0 Å². The highest BCUT2D eigenvalue weighted by Gasteiger charge is 2.10. The Balaban J connectivity index is 2.89. The van der Waals surface area contributed by atoms with Crippen molar-refractivity contribution in [3.63, 3.8) is 0 Å². The van der Waals surface area contributed by atoms with Crippen LogP contribution in [0.15, 0.2) is 16.6 Å². The van der Waals surface area contributed by atoms with Crippen molar-refractivity contribution >= 4 is 27.6 Å². The maximum absolute atomic E-state index is 11.3. The highest BCUT2D eigenvalue weighted by Crippen LogP contribution is 2.30. The fraction of sp³-hybridized carbons (Fsp3) is 0.364. The SMILES string of the molecule is CCOC(=O)Cc1cc(Br)c(OC)cc1N. The largest absolute Gasteiger partial charge is 0.495 e. The van der Waals surface area contributed by atoms with Crippen LogP contribution in [-0.2, 0) is 16.0 Å². The van der Waals surface area contributed by atoms with Crippen molar-refractivity contribution < 1.29 is 14.3 Å². The molecule has 0 radical (unpaired) electrons. The summed E-state index contributed by atoms with van der Waals surface area (Å²) in [4.78, 5) is 11.3. The molecule has 2 N–H and O–H groups in total. The van der Waals surface area contributed by atoms with E-state index in [1.54, 1.807) is 26.2 Å². The average molecular weight is 288 g/mol. The van der Waals surface area contributed by atoms with Gasteiger partial charge in [0.1, 0.15) is 5.75 Å². The van der Waals surface area contributed by atoms with Crippen LogP contribution in [0.1, 0.15) is 12.5 Å². The fourth-order valence-corrected chi connectivity index (χ4v) is 1.84. The lowest BCUT2D eigenvalue weighted by molar-refractivity contribution is -0.142. The molecule has 5 heteroatoms. The Morgan fingerprint density at radius 3 is 2.75 bits per heavy atom. The van der Waals surface area contributed by atoms with Crippen LogP contribution in [0, 0.1) is 0 Å². The van der Waals surface area contributed by atoms with Crippen LogP contribution in [0.5, 0.6) is 5.75 Å². The van der Waals surface area contributed by atoms with Crippen LogP contribution in [-0.4, -0.2) is 19.7 Å². The third-order valence-electron chi connectivity index (χ3n) is 2.05. The van der Waals surface area contributed by atoms with Crippen molar-refractivity contribution in [1.82, 2.24) is 0 Å². The first kappa shape index (κ1) is 12.8. The van der Waals surface area contributed by atoms with Gasteiger partial charge in [0.05, 0.1) is 24.6 Å². The van der Waals surface area contributed by atoms with Gasteiger partial charge in [-0.3, -0.25) is 4.79 Å². The number of esters is 1. The first-order chi connectivity index (χ1) is 7.58. The summed E-state index contributed by atoms with van der Waals surface area (Å²) in [5.41, 5.74) is 7.05. The number of hydrogen-bond acceptors (Lipinski definition) is 4. The Hall–Kier alpha value is -1.23. The van der Waals surface area contributed by atoms with E-state index in [1.807, 2.05) is 0 Å². The molecule has 0 fully saturated rings. The summed E-state index contributed by atoms with van der Waals surface area (Å²) < 4.78 is 10.7. The zero-order valence-corrected chi connectivity index (χ0v) is 10.8. The molecule has 0 aliphatic rings. The number of methoxy groups -OCH3 is 1. The fourth-order valence-electron chi connectivity index (χ4n) is 1.29. The van der Waals surface area contributed by atoms with Crippen LogP contribution in [0.2, 0.25) is 0 Å². The molecule has 88 valence electrons. The summed E-state index contributed by atoms with van der Waals surface area (Å²) in [7, 11) is 1.56. The number of carbonyl (C=O) groups excluding carboxylic acids is 1. The molecule has 4 nitrogen and oxygen atoms in total. The maximum atomic E-state index is 11.3. The molecule has 16 heavy (non-hydrogen) atoms. The molecule has 1 aromatic carbocycles. The first-order valence-electron chi connectivity index (χ1n) is 4.86. The molecule has 0 aromatic heterocycles. The van der Waals surface area contributed by atoms with Crippen molar-refractivity contribution in [3.05, 3.63) is 22.2 Å². The Kier molecular flexibility index (Phi) is 4.61. The maximum Gasteiger partial charge on any atom is 0.310 e. The topological polar surface area (TPSA) is 61.5 Å². The minimum absolute atomic E-state index is 0.169. The van der Waals surface area contributed by atoms with E-state index in [4.69, 9.17) is 15.2 Å². The van der Waals surface area contributed by atoms with E-state index < -0.39 is 0 Å². The molecule has 0 bridgehead atoms. The van der Waals surface area contributed by atoms with Crippen LogP contribution in [0.25, 0.3) is 0 Å². The Morgan fingerprint density at radius 1 is 1.50 bits per heavy atom. The summed E-state index contributed by atoms with van der Waals surface area (Å²) in [6, 6.07) is 3.45. The predicted octanol–water partition coefficient (Wildman–Crippen LogP) is 2.15. The number of hydrogen-bond donors (Lipinski definition) is 1. The van der Waals surface area contributed by atoms with Gasteiger partial charge in [0.25, 0.3) is 0 Å². The van der Waals surface area contributed by atoms with E-state index in [0.29, 0.717) is 18.0 Å². The van der Waals surface area contributed by atoms with Crippen LogP contribution < -0.4 is 10.5 Å². The van der Waals surface area contributed by atoms with Gasteiger partial charge in [-0.2, -0.15) is 0 Å². The van der Waals surface area contributed by atoms with Gasteiger partial charge in [-0.1, -0.05) is 0 Å². The van der Waals surface area contributed by atoms with Gasteiger partial charge in [0, 0.05) is 11.8 Å². The molecule has 0 amide bonds. The molecule has 0 saturated carbocycles. The molecule has 0 unspecified atom stereocenters. The Labute approximate surface area is 103 Å². The number of carbonyl (C=O) groups is 1. The molecule has 0 saturated heterocycles. The molecule has 1 rings (SSSR count). The van der Waals surface area contributed by atoms with Crippen molar-refractivity contribution in [2.45, 2.75) is 13.3 Å². The second kappa shape index (κ2) is 5.75.